The van der Waals surface area contributed by atoms with Gasteiger partial charge in [-0.05, 0) is 53.6 Å². The summed E-state index contributed by atoms with van der Waals surface area (Å²) >= 11 is 12.0. The van der Waals surface area contributed by atoms with Crippen LogP contribution in [0.2, 0.25) is 10.0 Å². The second-order valence-electron chi connectivity index (χ2n) is 5.76. The maximum absolute atomic E-state index is 6.14. The van der Waals surface area contributed by atoms with E-state index < -0.39 is 0 Å². The maximum Gasteiger partial charge on any atom is 0.137 e. The average molecular weight is 388 g/mol. The van der Waals surface area contributed by atoms with E-state index in [1.165, 1.54) is 0 Å². The molecule has 0 aliphatic carbocycles. The van der Waals surface area contributed by atoms with Gasteiger partial charge in [-0.1, -0.05) is 47.5 Å². The first-order valence-corrected chi connectivity index (χ1v) is 8.93. The first-order chi connectivity index (χ1) is 12.6. The Morgan fingerprint density at radius 3 is 2.19 bits per heavy atom. The van der Waals surface area contributed by atoms with Crippen molar-refractivity contribution in [1.29, 1.82) is 0 Å². The molecule has 0 spiro atoms. The minimum atomic E-state index is 0.513. The summed E-state index contributed by atoms with van der Waals surface area (Å²) in [7, 11) is 1.60. The predicted octanol–water partition coefficient (Wildman–Crippen LogP) is 6.19. The van der Waals surface area contributed by atoms with E-state index in [1.54, 1.807) is 7.11 Å². The van der Waals surface area contributed by atoms with E-state index in [1.807, 2.05) is 66.7 Å². The molecule has 3 aromatic carbocycles. The van der Waals surface area contributed by atoms with Crippen LogP contribution in [0.1, 0.15) is 11.1 Å². The molecule has 0 aromatic heterocycles. The van der Waals surface area contributed by atoms with Crippen LogP contribution in [0.5, 0.6) is 11.5 Å². The standard InChI is InChI=1S/C21H19Cl2NO2/c1-25-21-11-8-18(12-20(21)23)24-13-15-4-9-19(10-5-15)26-14-16-2-6-17(22)7-3-16/h2-12,24H,13-14H2,1H3. The number of nitrogens with one attached hydrogen (secondary N) is 1. The van der Waals surface area contributed by atoms with Crippen LogP contribution < -0.4 is 14.8 Å². The number of halogens is 2. The molecule has 0 fully saturated rings. The van der Waals surface area contributed by atoms with Crippen molar-refractivity contribution < 1.29 is 9.47 Å². The van der Waals surface area contributed by atoms with Gasteiger partial charge in [0.05, 0.1) is 12.1 Å². The molecule has 0 atom stereocenters. The van der Waals surface area contributed by atoms with Gasteiger partial charge in [0, 0.05) is 17.3 Å². The van der Waals surface area contributed by atoms with Crippen molar-refractivity contribution >= 4 is 28.9 Å². The largest absolute Gasteiger partial charge is 0.495 e. The van der Waals surface area contributed by atoms with Gasteiger partial charge >= 0.3 is 0 Å². The molecule has 0 aliphatic heterocycles. The van der Waals surface area contributed by atoms with Crippen molar-refractivity contribution in [2.75, 3.05) is 12.4 Å². The van der Waals surface area contributed by atoms with E-state index in [2.05, 4.69) is 5.32 Å². The monoisotopic (exact) mass is 387 g/mol. The molecule has 0 radical (unpaired) electrons. The summed E-state index contributed by atoms with van der Waals surface area (Å²) in [5.74, 6) is 1.50. The molecule has 5 heteroatoms. The summed E-state index contributed by atoms with van der Waals surface area (Å²) in [5, 5.41) is 4.65. The molecule has 26 heavy (non-hydrogen) atoms. The molecule has 0 saturated carbocycles. The highest BCUT2D eigenvalue weighted by Gasteiger charge is 2.02. The zero-order valence-corrected chi connectivity index (χ0v) is 15.8. The van der Waals surface area contributed by atoms with Crippen molar-refractivity contribution in [3.05, 3.63) is 87.9 Å². The summed E-state index contributed by atoms with van der Waals surface area (Å²) in [6, 6.07) is 21.3. The first-order valence-electron chi connectivity index (χ1n) is 8.17. The molecule has 3 aromatic rings. The lowest BCUT2D eigenvalue weighted by Crippen LogP contribution is -2.00. The first kappa shape index (κ1) is 18.4. The zero-order chi connectivity index (χ0) is 18.4. The lowest BCUT2D eigenvalue weighted by Gasteiger charge is -2.10. The molecule has 0 bridgehead atoms. The van der Waals surface area contributed by atoms with Crippen molar-refractivity contribution in [3.63, 3.8) is 0 Å². The van der Waals surface area contributed by atoms with Gasteiger partial charge in [-0.2, -0.15) is 0 Å². The van der Waals surface area contributed by atoms with Crippen LogP contribution in [0.4, 0.5) is 5.69 Å². The summed E-state index contributed by atoms with van der Waals surface area (Å²) in [5.41, 5.74) is 3.17. The Morgan fingerprint density at radius 1 is 0.846 bits per heavy atom. The third-order valence-electron chi connectivity index (χ3n) is 3.89. The Morgan fingerprint density at radius 2 is 1.54 bits per heavy atom. The third-order valence-corrected chi connectivity index (χ3v) is 4.44. The number of hydrogen-bond donors (Lipinski definition) is 1. The molecule has 0 saturated heterocycles. The van der Waals surface area contributed by atoms with Gasteiger partial charge in [-0.3, -0.25) is 0 Å². The lowest BCUT2D eigenvalue weighted by atomic mass is 10.2. The molecule has 0 unspecified atom stereocenters. The van der Waals surface area contributed by atoms with E-state index >= 15 is 0 Å². The van der Waals surface area contributed by atoms with Gasteiger partial charge in [-0.15, -0.1) is 0 Å². The second-order valence-corrected chi connectivity index (χ2v) is 6.61. The molecule has 0 amide bonds. The number of benzene rings is 3. The topological polar surface area (TPSA) is 30.5 Å². The highest BCUT2D eigenvalue weighted by molar-refractivity contribution is 6.32. The zero-order valence-electron chi connectivity index (χ0n) is 14.3. The minimum Gasteiger partial charge on any atom is -0.495 e. The molecule has 0 heterocycles. The average Bonchev–Trinajstić information content (AvgIpc) is 2.67. The molecule has 3 nitrogen and oxygen atoms in total. The summed E-state index contributed by atoms with van der Waals surface area (Å²) in [6.45, 7) is 1.21. The molecule has 0 aliphatic rings. The molecular formula is C21H19Cl2NO2. The molecule has 134 valence electrons. The molecular weight excluding hydrogens is 369 g/mol. The van der Waals surface area contributed by atoms with Crippen molar-refractivity contribution in [2.45, 2.75) is 13.2 Å². The van der Waals surface area contributed by atoms with Crippen molar-refractivity contribution in [2.24, 2.45) is 0 Å². The van der Waals surface area contributed by atoms with Crippen LogP contribution in [-0.4, -0.2) is 7.11 Å². The summed E-state index contributed by atoms with van der Waals surface area (Å²) in [4.78, 5) is 0. The van der Waals surface area contributed by atoms with Gasteiger partial charge in [0.15, 0.2) is 0 Å². The van der Waals surface area contributed by atoms with Crippen LogP contribution in [0.25, 0.3) is 0 Å². The Hall–Kier alpha value is -2.36. The Balaban J connectivity index is 1.52. The fraction of sp³-hybridized carbons (Fsp3) is 0.143. The predicted molar refractivity (Wildman–Crippen MR) is 108 cm³/mol. The Kier molecular flexibility index (Phi) is 6.26. The van der Waals surface area contributed by atoms with Crippen LogP contribution in [0.15, 0.2) is 66.7 Å². The van der Waals surface area contributed by atoms with E-state index in [9.17, 15) is 0 Å². The molecule has 3 rings (SSSR count). The van der Waals surface area contributed by atoms with Gasteiger partial charge in [0.25, 0.3) is 0 Å². The number of methoxy groups -OCH3 is 1. The van der Waals surface area contributed by atoms with Crippen LogP contribution in [0.3, 0.4) is 0 Å². The van der Waals surface area contributed by atoms with E-state index in [4.69, 9.17) is 32.7 Å². The third kappa shape index (κ3) is 5.07. The van der Waals surface area contributed by atoms with Crippen molar-refractivity contribution in [3.8, 4) is 11.5 Å². The van der Waals surface area contributed by atoms with Crippen LogP contribution >= 0.6 is 23.2 Å². The Bertz CT molecular complexity index is 849. The van der Waals surface area contributed by atoms with E-state index in [-0.39, 0.29) is 0 Å². The van der Waals surface area contributed by atoms with Crippen LogP contribution in [-0.2, 0) is 13.2 Å². The maximum atomic E-state index is 6.14. The lowest BCUT2D eigenvalue weighted by molar-refractivity contribution is 0.306. The van der Waals surface area contributed by atoms with Crippen molar-refractivity contribution in [1.82, 2.24) is 0 Å². The van der Waals surface area contributed by atoms with Crippen LogP contribution in [0, 0.1) is 0 Å². The Labute approximate surface area is 163 Å². The highest BCUT2D eigenvalue weighted by Crippen LogP contribution is 2.27. The SMILES string of the molecule is COc1ccc(NCc2ccc(OCc3ccc(Cl)cc3)cc2)cc1Cl. The van der Waals surface area contributed by atoms with Gasteiger partial charge in [-0.25, -0.2) is 0 Å². The number of rotatable bonds is 7. The number of hydrogen-bond acceptors (Lipinski definition) is 3. The summed E-state index contributed by atoms with van der Waals surface area (Å²) < 4.78 is 11.0. The number of anilines is 1. The number of ether oxygens (including phenoxy) is 2. The smallest absolute Gasteiger partial charge is 0.137 e. The fourth-order valence-corrected chi connectivity index (χ4v) is 2.81. The minimum absolute atomic E-state index is 0.513. The van der Waals surface area contributed by atoms with E-state index in [0.29, 0.717) is 23.9 Å². The van der Waals surface area contributed by atoms with Gasteiger partial charge in [0.1, 0.15) is 18.1 Å². The fourth-order valence-electron chi connectivity index (χ4n) is 2.43. The molecule has 1 N–H and O–H groups in total. The van der Waals surface area contributed by atoms with E-state index in [0.717, 1.165) is 27.6 Å². The quantitative estimate of drug-likeness (QED) is 0.523. The highest BCUT2D eigenvalue weighted by atomic mass is 35.5. The second kappa shape index (κ2) is 8.84. The summed E-state index contributed by atoms with van der Waals surface area (Å²) in [6.07, 6.45) is 0. The van der Waals surface area contributed by atoms with Gasteiger partial charge < -0.3 is 14.8 Å². The normalized spacial score (nSPS) is 10.4. The van der Waals surface area contributed by atoms with Gasteiger partial charge in [0.2, 0.25) is 0 Å².